The zero-order valence-electron chi connectivity index (χ0n) is 20.0. The first-order valence-corrected chi connectivity index (χ1v) is 12.8. The van der Waals surface area contributed by atoms with Crippen molar-refractivity contribution in [2.24, 2.45) is 0 Å². The molecule has 2 heterocycles. The first-order chi connectivity index (χ1) is 17.0. The van der Waals surface area contributed by atoms with Gasteiger partial charge in [-0.2, -0.15) is 0 Å². The highest BCUT2D eigenvalue weighted by Crippen LogP contribution is 2.33. The smallest absolute Gasteiger partial charge is 0.325 e. The van der Waals surface area contributed by atoms with Crippen molar-refractivity contribution in [3.05, 3.63) is 52.0 Å². The van der Waals surface area contributed by atoms with Crippen LogP contribution in [0.2, 0.25) is 10.0 Å². The minimum absolute atomic E-state index is 0.0715. The van der Waals surface area contributed by atoms with Crippen molar-refractivity contribution in [3.8, 4) is 5.75 Å². The summed E-state index contributed by atoms with van der Waals surface area (Å²) in [5, 5.41) is 1.22. The average Bonchev–Trinajstić information content (AvgIpc) is 2.87. The van der Waals surface area contributed by atoms with Gasteiger partial charge in [0.15, 0.2) is 0 Å². The Kier molecular flexibility index (Phi) is 8.76. The zero-order valence-corrected chi connectivity index (χ0v) is 21.5. The van der Waals surface area contributed by atoms with Crippen LogP contribution >= 0.6 is 23.2 Å². The molecule has 0 atom stereocenters. The van der Waals surface area contributed by atoms with Crippen molar-refractivity contribution in [3.63, 3.8) is 0 Å². The monoisotopic (exact) mass is 519 g/mol. The van der Waals surface area contributed by atoms with E-state index >= 15 is 0 Å². The molecule has 188 valence electrons. The lowest BCUT2D eigenvalue weighted by molar-refractivity contribution is -0.140. The van der Waals surface area contributed by atoms with E-state index in [9.17, 15) is 9.59 Å². The minimum atomic E-state index is -0.436. The van der Waals surface area contributed by atoms with Crippen LogP contribution in [0.4, 0.5) is 11.4 Å². The summed E-state index contributed by atoms with van der Waals surface area (Å²) in [7, 11) is 1.33. The molecule has 2 aromatic rings. The first-order valence-electron chi connectivity index (χ1n) is 12.0. The molecule has 2 aliphatic rings. The highest BCUT2D eigenvalue weighted by atomic mass is 35.5. The Labute approximate surface area is 216 Å². The Hall–Kier alpha value is -2.48. The maximum atomic E-state index is 12.4. The van der Waals surface area contributed by atoms with Crippen LogP contribution in [0.1, 0.15) is 24.8 Å². The lowest BCUT2D eigenvalue weighted by atomic mass is 10.0. The molecule has 7 nitrogen and oxygen atoms in total. The summed E-state index contributed by atoms with van der Waals surface area (Å²) < 4.78 is 10.7. The van der Waals surface area contributed by atoms with E-state index in [-0.39, 0.29) is 12.5 Å². The third kappa shape index (κ3) is 6.40. The number of esters is 1. The van der Waals surface area contributed by atoms with E-state index < -0.39 is 5.97 Å². The van der Waals surface area contributed by atoms with Gasteiger partial charge in [0.25, 0.3) is 0 Å². The Morgan fingerprint density at radius 2 is 1.80 bits per heavy atom. The second kappa shape index (κ2) is 12.0. The Bertz CT molecular complexity index is 1060. The number of methoxy groups -OCH3 is 1. The topological polar surface area (TPSA) is 62.3 Å². The predicted octanol–water partition coefficient (Wildman–Crippen LogP) is 4.43. The summed E-state index contributed by atoms with van der Waals surface area (Å²) in [6.45, 7) is 5.35. The van der Waals surface area contributed by atoms with E-state index in [0.717, 1.165) is 62.5 Å². The molecular weight excluding hydrogens is 489 g/mol. The van der Waals surface area contributed by atoms with Crippen LogP contribution in [0.15, 0.2) is 36.4 Å². The molecule has 0 bridgehead atoms. The molecule has 0 spiro atoms. The van der Waals surface area contributed by atoms with Gasteiger partial charge in [-0.25, -0.2) is 0 Å². The number of halogens is 2. The summed E-state index contributed by atoms with van der Waals surface area (Å²) in [4.78, 5) is 30.4. The van der Waals surface area contributed by atoms with Gasteiger partial charge in [-0.05, 0) is 49.6 Å². The highest BCUT2D eigenvalue weighted by Gasteiger charge is 2.27. The molecule has 0 N–H and O–H groups in total. The number of carbonyl (C=O) groups excluding carboxylic acids is 2. The maximum absolute atomic E-state index is 12.4. The molecule has 2 aliphatic heterocycles. The van der Waals surface area contributed by atoms with Crippen molar-refractivity contribution in [1.29, 1.82) is 0 Å². The average molecular weight is 520 g/mol. The fourth-order valence-corrected chi connectivity index (χ4v) is 4.97. The number of benzene rings is 2. The molecule has 4 rings (SSSR count). The molecule has 0 saturated carbocycles. The number of anilines is 2. The highest BCUT2D eigenvalue weighted by molar-refractivity contribution is 6.43. The van der Waals surface area contributed by atoms with Gasteiger partial charge in [-0.1, -0.05) is 35.3 Å². The van der Waals surface area contributed by atoms with E-state index in [1.165, 1.54) is 12.0 Å². The van der Waals surface area contributed by atoms with Crippen LogP contribution in [0.3, 0.4) is 0 Å². The summed E-state index contributed by atoms with van der Waals surface area (Å²) in [5.74, 6) is 0.201. The number of carbonyl (C=O) groups is 2. The SMILES string of the molecule is COC(=O)CN1C(=O)CCc2ccc(OCCCCN3CCN(c4cccc(Cl)c4Cl)CC3)cc21. The standard InChI is InChI=1S/C26H31Cl2N3O4/c1-34-25(33)18-31-23-17-20(9-7-19(23)8-10-24(31)32)35-16-3-2-11-29-12-14-30(15-13-29)22-6-4-5-21(27)26(22)28/h4-7,9,17H,2-3,8,10-16,18H2,1H3. The predicted molar refractivity (Wildman–Crippen MR) is 139 cm³/mol. The normalized spacial score (nSPS) is 16.3. The molecule has 0 aromatic heterocycles. The molecule has 35 heavy (non-hydrogen) atoms. The molecule has 0 radical (unpaired) electrons. The van der Waals surface area contributed by atoms with Gasteiger partial charge in [-0.3, -0.25) is 14.5 Å². The molecule has 9 heteroatoms. The molecule has 2 aromatic carbocycles. The van der Waals surface area contributed by atoms with Gasteiger partial charge in [0.1, 0.15) is 12.3 Å². The van der Waals surface area contributed by atoms with Gasteiger partial charge >= 0.3 is 5.97 Å². The number of hydrogen-bond acceptors (Lipinski definition) is 6. The van der Waals surface area contributed by atoms with Crippen LogP contribution in [0, 0.1) is 0 Å². The van der Waals surface area contributed by atoms with Crippen LogP contribution in [0.25, 0.3) is 0 Å². The van der Waals surface area contributed by atoms with E-state index in [0.29, 0.717) is 35.2 Å². The number of amides is 1. The van der Waals surface area contributed by atoms with Gasteiger partial charge in [0.2, 0.25) is 5.91 Å². The Morgan fingerprint density at radius 3 is 2.57 bits per heavy atom. The Balaban J connectivity index is 1.21. The van der Waals surface area contributed by atoms with Crippen LogP contribution in [0.5, 0.6) is 5.75 Å². The van der Waals surface area contributed by atoms with E-state index in [4.69, 9.17) is 32.7 Å². The second-order valence-electron chi connectivity index (χ2n) is 8.80. The van der Waals surface area contributed by atoms with Crippen molar-refractivity contribution in [1.82, 2.24) is 4.90 Å². The van der Waals surface area contributed by atoms with Gasteiger partial charge in [-0.15, -0.1) is 0 Å². The summed E-state index contributed by atoms with van der Waals surface area (Å²) in [5.41, 5.74) is 2.78. The van der Waals surface area contributed by atoms with Crippen molar-refractivity contribution in [2.45, 2.75) is 25.7 Å². The van der Waals surface area contributed by atoms with Crippen LogP contribution < -0.4 is 14.5 Å². The first kappa shape index (κ1) is 25.6. The van der Waals surface area contributed by atoms with Crippen molar-refractivity contribution >= 4 is 46.5 Å². The number of rotatable bonds is 9. The molecule has 1 amide bonds. The molecule has 1 fully saturated rings. The zero-order chi connectivity index (χ0) is 24.8. The number of unbranched alkanes of at least 4 members (excludes halogenated alkanes) is 1. The van der Waals surface area contributed by atoms with E-state index in [2.05, 4.69) is 9.80 Å². The number of hydrogen-bond donors (Lipinski definition) is 0. The summed E-state index contributed by atoms with van der Waals surface area (Å²) in [6.07, 6.45) is 3.03. The van der Waals surface area contributed by atoms with Crippen LogP contribution in [-0.2, 0) is 20.7 Å². The number of fused-ring (bicyclic) bond motifs is 1. The fraction of sp³-hybridized carbons (Fsp3) is 0.462. The summed E-state index contributed by atoms with van der Waals surface area (Å²) in [6, 6.07) is 11.5. The molecule has 0 unspecified atom stereocenters. The molecular formula is C26H31Cl2N3O4. The lowest BCUT2D eigenvalue weighted by Crippen LogP contribution is -2.46. The van der Waals surface area contributed by atoms with Gasteiger partial charge in [0.05, 0.1) is 35.1 Å². The fourth-order valence-electron chi connectivity index (χ4n) is 4.55. The summed E-state index contributed by atoms with van der Waals surface area (Å²) >= 11 is 12.5. The molecule has 0 aliphatic carbocycles. The largest absolute Gasteiger partial charge is 0.494 e. The van der Waals surface area contributed by atoms with Gasteiger partial charge in [0, 0.05) is 38.7 Å². The maximum Gasteiger partial charge on any atom is 0.325 e. The number of nitrogens with zero attached hydrogens (tertiary/aromatic N) is 3. The number of piperazine rings is 1. The Morgan fingerprint density at radius 1 is 1.00 bits per heavy atom. The number of aryl methyl sites for hydroxylation is 1. The quantitative estimate of drug-likeness (QED) is 0.360. The van der Waals surface area contributed by atoms with E-state index in [1.807, 2.05) is 36.4 Å². The van der Waals surface area contributed by atoms with Crippen molar-refractivity contribution in [2.75, 3.05) is 62.8 Å². The van der Waals surface area contributed by atoms with E-state index in [1.54, 1.807) is 0 Å². The third-order valence-electron chi connectivity index (χ3n) is 6.55. The van der Waals surface area contributed by atoms with Crippen LogP contribution in [-0.4, -0.2) is 69.8 Å². The van der Waals surface area contributed by atoms with Gasteiger partial charge < -0.3 is 19.3 Å². The third-order valence-corrected chi connectivity index (χ3v) is 7.36. The minimum Gasteiger partial charge on any atom is -0.494 e. The molecule has 1 saturated heterocycles. The second-order valence-corrected chi connectivity index (χ2v) is 9.59. The lowest BCUT2D eigenvalue weighted by Gasteiger charge is -2.36. The van der Waals surface area contributed by atoms with Crippen molar-refractivity contribution < 1.29 is 19.1 Å². The number of ether oxygens (including phenoxy) is 2.